The van der Waals surface area contributed by atoms with E-state index in [0.29, 0.717) is 16.9 Å². The third kappa shape index (κ3) is 13.4. The lowest BCUT2D eigenvalue weighted by Gasteiger charge is -2.35. The number of amides is 7. The molecular formula is C47H58FN9O12S. The number of nitrogens with zero attached hydrogens (tertiary/aromatic N) is 4. The van der Waals surface area contributed by atoms with E-state index in [0.717, 1.165) is 16.1 Å². The highest BCUT2D eigenvalue weighted by atomic mass is 32.1. The van der Waals surface area contributed by atoms with E-state index in [9.17, 15) is 48.2 Å². The molecule has 4 aromatic rings. The number of aliphatic hydroxyl groups excluding tert-OH is 1. The van der Waals surface area contributed by atoms with Gasteiger partial charge >= 0.3 is 0 Å². The summed E-state index contributed by atoms with van der Waals surface area (Å²) in [7, 11) is 1.51. The number of halogens is 1. The van der Waals surface area contributed by atoms with Crippen LogP contribution in [0.4, 0.5) is 4.39 Å². The summed E-state index contributed by atoms with van der Waals surface area (Å²) in [6.07, 6.45) is -0.912. The standard InChI is InChI=1S/C47H58FN9O12S/c1-26-39(70-25-53-26)28-6-7-29(22-52-42(63)33-20-30(58)23-57(33)44(65)40(46(2,3)4)54-45(66)47(48)11-12-47)35(19-28)68-24-38(61)51-14-17-67-16-10-37(60)50-13-15-56(5)43(64)31-9-8-27(18-34(31)59)36-21-32(41(49)62)55-69-36/h6-9,18-19,21,25,30,33,40,58-59H,10-17,20,22-24H2,1-5H3,(H2,49,62)(H,50,60)(H,51,61)(H,52,63)(H,54,66)/t30-,33+,40-/m1/s1. The Morgan fingerprint density at radius 1 is 1.01 bits per heavy atom. The smallest absolute Gasteiger partial charge is 0.270 e. The second-order valence-corrected chi connectivity index (χ2v) is 19.0. The van der Waals surface area contributed by atoms with Gasteiger partial charge in [0.2, 0.25) is 17.7 Å². The van der Waals surface area contributed by atoms with Gasteiger partial charge in [-0.15, -0.1) is 11.3 Å². The minimum Gasteiger partial charge on any atom is -0.507 e. The molecule has 70 heavy (non-hydrogen) atoms. The molecule has 2 aliphatic rings. The number of aromatic nitrogens is 2. The SMILES string of the molecule is Cc1ncsc1-c1ccc(CNC(=O)[C@@H]2C[C@@H](O)CN2C(=O)[C@@H](NC(=O)C2(F)CC2)C(C)(C)C)c(OCC(=O)NCCOCCC(=O)NCCN(C)C(=O)c2ccc(-c3cc(C(N)=O)no3)cc2O)c1. The van der Waals surface area contributed by atoms with Gasteiger partial charge in [-0.2, -0.15) is 0 Å². The summed E-state index contributed by atoms with van der Waals surface area (Å²) in [6, 6.07) is 8.59. The lowest BCUT2D eigenvalue weighted by atomic mass is 9.85. The van der Waals surface area contributed by atoms with E-state index in [1.54, 1.807) is 38.4 Å². The van der Waals surface area contributed by atoms with E-state index in [4.69, 9.17) is 19.7 Å². The Labute approximate surface area is 406 Å². The number of benzene rings is 2. The van der Waals surface area contributed by atoms with Gasteiger partial charge < -0.3 is 61.0 Å². The Bertz CT molecular complexity index is 2590. The third-order valence-electron chi connectivity index (χ3n) is 11.7. The van der Waals surface area contributed by atoms with Gasteiger partial charge in [-0.3, -0.25) is 33.6 Å². The zero-order valence-electron chi connectivity index (χ0n) is 39.5. The van der Waals surface area contributed by atoms with Gasteiger partial charge in [0, 0.05) is 69.8 Å². The van der Waals surface area contributed by atoms with Crippen LogP contribution in [0.5, 0.6) is 11.5 Å². The zero-order chi connectivity index (χ0) is 50.9. The fourth-order valence-corrected chi connectivity index (χ4v) is 8.25. The Morgan fingerprint density at radius 3 is 2.40 bits per heavy atom. The number of thiazole rings is 1. The molecule has 1 aliphatic carbocycles. The maximum absolute atomic E-state index is 14.6. The highest BCUT2D eigenvalue weighted by Crippen LogP contribution is 2.40. The van der Waals surface area contributed by atoms with Gasteiger partial charge in [0.25, 0.3) is 23.6 Å². The Hall–Kier alpha value is -6.98. The zero-order valence-corrected chi connectivity index (χ0v) is 40.3. The molecule has 21 nitrogen and oxygen atoms in total. The normalized spacial score (nSPS) is 16.5. The Morgan fingerprint density at radius 2 is 1.74 bits per heavy atom. The molecule has 2 aromatic carbocycles. The number of primary amides is 1. The molecule has 6 rings (SSSR count). The van der Waals surface area contributed by atoms with Crippen LogP contribution in [0, 0.1) is 12.3 Å². The van der Waals surface area contributed by atoms with Crippen LogP contribution in [0.1, 0.15) is 78.6 Å². The van der Waals surface area contributed by atoms with E-state index >= 15 is 0 Å². The average Bonchev–Trinajstić information content (AvgIpc) is 3.63. The molecule has 0 radical (unpaired) electrons. The van der Waals surface area contributed by atoms with Crippen molar-refractivity contribution in [1.82, 2.24) is 41.2 Å². The van der Waals surface area contributed by atoms with Crippen LogP contribution in [0.3, 0.4) is 0 Å². The van der Waals surface area contributed by atoms with E-state index in [1.165, 1.54) is 52.4 Å². The minimum absolute atomic E-state index is 0.0107. The summed E-state index contributed by atoms with van der Waals surface area (Å²) in [5, 5.41) is 35.4. The predicted octanol–water partition coefficient (Wildman–Crippen LogP) is 1.98. The van der Waals surface area contributed by atoms with Gasteiger partial charge in [-0.05, 0) is 48.9 Å². The van der Waals surface area contributed by atoms with Gasteiger partial charge in [-0.25, -0.2) is 9.37 Å². The van der Waals surface area contributed by atoms with E-state index < -0.39 is 71.3 Å². The summed E-state index contributed by atoms with van der Waals surface area (Å²) in [5.74, 6) is -3.97. The van der Waals surface area contributed by atoms with Crippen LogP contribution < -0.4 is 31.7 Å². The monoisotopic (exact) mass is 991 g/mol. The number of aliphatic hydroxyl groups is 1. The van der Waals surface area contributed by atoms with E-state index in [-0.39, 0.29) is 100 Å². The number of aryl methyl sites for hydroxylation is 1. The van der Waals surface area contributed by atoms with E-state index in [2.05, 4.69) is 31.4 Å². The number of nitrogens with two attached hydrogens (primary N) is 1. The number of hydrogen-bond acceptors (Lipinski definition) is 15. The van der Waals surface area contributed by atoms with Crippen molar-refractivity contribution in [3.8, 4) is 33.3 Å². The van der Waals surface area contributed by atoms with Crippen LogP contribution in [0.2, 0.25) is 0 Å². The first-order valence-corrected chi connectivity index (χ1v) is 23.4. The molecule has 1 aliphatic heterocycles. The topological polar surface area (TPSA) is 298 Å². The summed E-state index contributed by atoms with van der Waals surface area (Å²) >= 11 is 1.42. The minimum atomic E-state index is -2.01. The van der Waals surface area contributed by atoms with Gasteiger partial charge in [0.15, 0.2) is 23.7 Å². The summed E-state index contributed by atoms with van der Waals surface area (Å²) in [6.45, 7) is 6.91. The maximum atomic E-state index is 14.6. The molecule has 2 fully saturated rings. The third-order valence-corrected chi connectivity index (χ3v) is 12.6. The lowest BCUT2D eigenvalue weighted by Crippen LogP contribution is -2.59. The second kappa shape index (κ2) is 22.6. The second-order valence-electron chi connectivity index (χ2n) is 18.2. The van der Waals surface area contributed by atoms with Crippen molar-refractivity contribution in [2.75, 3.05) is 53.0 Å². The number of phenolic OH excluding ortho intramolecular Hbond substituents is 1. The van der Waals surface area contributed by atoms with Crippen LogP contribution >= 0.6 is 11.3 Å². The van der Waals surface area contributed by atoms with Crippen LogP contribution in [0.15, 0.2) is 52.5 Å². The summed E-state index contributed by atoms with van der Waals surface area (Å²) < 4.78 is 31.2. The summed E-state index contributed by atoms with van der Waals surface area (Å²) in [4.78, 5) is 97.6. The first kappa shape index (κ1) is 52.4. The average molecular weight is 992 g/mol. The highest BCUT2D eigenvalue weighted by Gasteiger charge is 2.53. The van der Waals surface area contributed by atoms with Gasteiger partial charge in [0.05, 0.1) is 41.0 Å². The number of hydrogen-bond donors (Lipinski definition) is 7. The Kier molecular flexibility index (Phi) is 16.9. The number of carbonyl (C=O) groups excluding carboxylic acids is 7. The molecule has 2 aromatic heterocycles. The molecule has 1 saturated heterocycles. The lowest BCUT2D eigenvalue weighted by molar-refractivity contribution is -0.145. The van der Waals surface area contributed by atoms with E-state index in [1.807, 2.05) is 13.0 Å². The molecule has 376 valence electrons. The van der Waals surface area contributed by atoms with Gasteiger partial charge in [0.1, 0.15) is 23.6 Å². The number of carbonyl (C=O) groups is 7. The maximum Gasteiger partial charge on any atom is 0.270 e. The molecule has 0 bridgehead atoms. The van der Waals surface area contributed by atoms with Crippen molar-refractivity contribution in [1.29, 1.82) is 0 Å². The number of aromatic hydroxyl groups is 1. The molecule has 0 unspecified atom stereocenters. The quantitative estimate of drug-likeness (QED) is 0.0555. The van der Waals surface area contributed by atoms with Crippen molar-refractivity contribution < 1.29 is 62.2 Å². The number of nitrogens with one attached hydrogen (secondary N) is 4. The predicted molar refractivity (Wildman–Crippen MR) is 251 cm³/mol. The molecule has 3 atom stereocenters. The molecule has 3 heterocycles. The van der Waals surface area contributed by atoms with Gasteiger partial charge in [-0.1, -0.05) is 44.1 Å². The van der Waals surface area contributed by atoms with Crippen molar-refractivity contribution in [3.05, 3.63) is 70.5 Å². The van der Waals surface area contributed by atoms with Crippen LogP contribution in [-0.4, -0.2) is 148 Å². The number of likely N-dealkylation sites (tertiary alicyclic amines) is 1. The number of β-amino-alcohol motifs (C(OH)–C–C–N with tert-alkyl or cyclic N) is 1. The number of ether oxygens (including phenoxy) is 2. The fourth-order valence-electron chi connectivity index (χ4n) is 7.45. The van der Waals surface area contributed by atoms with Crippen molar-refractivity contribution in [3.63, 3.8) is 0 Å². The van der Waals surface area contributed by atoms with Crippen molar-refractivity contribution in [2.45, 2.75) is 83.8 Å². The molecule has 23 heteroatoms. The molecule has 7 amide bonds. The number of alkyl halides is 1. The number of rotatable bonds is 22. The number of likely N-dealkylation sites (N-methyl/N-ethyl adjacent to an activating group) is 1. The molecular weight excluding hydrogens is 934 g/mol. The Balaban J connectivity index is 0.931. The first-order chi connectivity index (χ1) is 33.1. The highest BCUT2D eigenvalue weighted by molar-refractivity contribution is 7.13. The first-order valence-electron chi connectivity index (χ1n) is 22.5. The van der Waals surface area contributed by atoms with Crippen LogP contribution in [0.25, 0.3) is 21.8 Å². The molecule has 0 spiro atoms. The molecule has 1 saturated carbocycles. The van der Waals surface area contributed by atoms with Crippen molar-refractivity contribution >= 4 is 52.7 Å². The van der Waals surface area contributed by atoms with Crippen LogP contribution in [-0.2, 0) is 35.3 Å². The largest absolute Gasteiger partial charge is 0.507 e. The number of phenols is 1. The molecule has 8 N–H and O–H groups in total. The fraction of sp³-hybridized carbons (Fsp3) is 0.468. The summed E-state index contributed by atoms with van der Waals surface area (Å²) in [5.41, 5.74) is 6.42. The van der Waals surface area contributed by atoms with Crippen molar-refractivity contribution in [2.24, 2.45) is 11.1 Å².